The quantitative estimate of drug-likeness (QED) is 0.503. The second-order valence-electron chi connectivity index (χ2n) is 4.98. The molecule has 1 aromatic carbocycles. The van der Waals surface area contributed by atoms with Gasteiger partial charge in [-0.1, -0.05) is 23.7 Å². The lowest BCUT2D eigenvalue weighted by molar-refractivity contribution is -0.169. The molecule has 0 radical (unpaired) electrons. The molecule has 0 N–H and O–H groups in total. The molecule has 0 saturated carbocycles. The van der Waals surface area contributed by atoms with Crippen LogP contribution in [0.1, 0.15) is 11.3 Å². The number of hydrogen-bond donors (Lipinski definition) is 0. The van der Waals surface area contributed by atoms with E-state index >= 15 is 0 Å². The van der Waals surface area contributed by atoms with Crippen LogP contribution in [-0.2, 0) is 32.0 Å². The van der Waals surface area contributed by atoms with E-state index in [0.29, 0.717) is 9.59 Å². The molecule has 0 fully saturated rings. The van der Waals surface area contributed by atoms with Crippen LogP contribution in [0.25, 0.3) is 11.3 Å². The number of rotatable bonds is 3. The highest BCUT2D eigenvalue weighted by atomic mass is 79.9. The summed E-state index contributed by atoms with van der Waals surface area (Å²) in [6, 6.07) is 7.37. The zero-order valence-electron chi connectivity index (χ0n) is 13.4. The van der Waals surface area contributed by atoms with Gasteiger partial charge in [-0.05, 0) is 33.6 Å². The molecule has 2 aromatic rings. The number of nitriles is 1. The number of ether oxygens (including phenoxy) is 2. The van der Waals surface area contributed by atoms with Crippen molar-refractivity contribution in [3.8, 4) is 17.3 Å². The Balaban J connectivity index is 2.66. The van der Waals surface area contributed by atoms with Crippen LogP contribution in [0.4, 0.5) is 13.2 Å². The summed E-state index contributed by atoms with van der Waals surface area (Å²) < 4.78 is 49.5. The maximum Gasteiger partial charge on any atom is 0.432 e. The van der Waals surface area contributed by atoms with E-state index < -0.39 is 35.0 Å². The van der Waals surface area contributed by atoms with E-state index in [1.165, 1.54) is 24.3 Å². The summed E-state index contributed by atoms with van der Waals surface area (Å²) in [6.45, 7) is -0.971. The first-order valence-electron chi connectivity index (χ1n) is 7.02. The molecule has 142 valence electrons. The molecule has 0 spiro atoms. The normalized spacial score (nSPS) is 11.0. The predicted molar refractivity (Wildman–Crippen MR) is 90.4 cm³/mol. The van der Waals surface area contributed by atoms with E-state index in [-0.39, 0.29) is 16.8 Å². The molecule has 0 aliphatic carbocycles. The molecule has 0 saturated heterocycles. The average molecular weight is 466 g/mol. The number of esters is 2. The molecule has 0 amide bonds. The van der Waals surface area contributed by atoms with Crippen LogP contribution in [0.2, 0.25) is 5.02 Å². The molecule has 1 aromatic heterocycles. The van der Waals surface area contributed by atoms with Gasteiger partial charge in [-0.2, -0.15) is 18.4 Å². The van der Waals surface area contributed by atoms with Crippen LogP contribution < -0.4 is 0 Å². The van der Waals surface area contributed by atoms with Crippen LogP contribution in [0.3, 0.4) is 0 Å². The zero-order chi connectivity index (χ0) is 20.4. The van der Waals surface area contributed by atoms with Crippen molar-refractivity contribution in [3.05, 3.63) is 45.0 Å². The summed E-state index contributed by atoms with van der Waals surface area (Å²) in [7, 11) is 0.921. The molecule has 0 unspecified atom stereocenters. The van der Waals surface area contributed by atoms with Crippen LogP contribution >= 0.6 is 27.5 Å². The highest BCUT2D eigenvalue weighted by molar-refractivity contribution is 9.10. The van der Waals surface area contributed by atoms with Crippen molar-refractivity contribution < 1.29 is 32.2 Å². The van der Waals surface area contributed by atoms with Crippen LogP contribution in [-0.4, -0.2) is 23.6 Å². The van der Waals surface area contributed by atoms with Gasteiger partial charge < -0.3 is 14.0 Å². The van der Waals surface area contributed by atoms with Gasteiger partial charge >= 0.3 is 18.1 Å². The van der Waals surface area contributed by atoms with E-state index in [2.05, 4.69) is 25.4 Å². The first kappa shape index (κ1) is 20.8. The highest BCUT2D eigenvalue weighted by Gasteiger charge is 2.41. The number of alkyl halides is 3. The maximum atomic E-state index is 13.6. The smallest absolute Gasteiger partial charge is 0.432 e. The molecule has 0 bridgehead atoms. The van der Waals surface area contributed by atoms with Crippen LogP contribution in [0.15, 0.2) is 28.7 Å². The third-order valence-corrected chi connectivity index (χ3v) is 4.40. The minimum Gasteiger partial charge on any atom is -0.461 e. The van der Waals surface area contributed by atoms with Gasteiger partial charge in [0.05, 0.1) is 22.8 Å². The Kier molecular flexibility index (Phi) is 6.18. The van der Waals surface area contributed by atoms with Crippen LogP contribution in [0.5, 0.6) is 0 Å². The molecular weight excluding hydrogens is 457 g/mol. The fourth-order valence-electron chi connectivity index (χ4n) is 2.27. The third-order valence-electron chi connectivity index (χ3n) is 3.38. The van der Waals surface area contributed by atoms with E-state index in [4.69, 9.17) is 11.6 Å². The summed E-state index contributed by atoms with van der Waals surface area (Å²) in [5.74, 6) is -2.85. The molecule has 2 rings (SSSR count). The number of carbonyl (C=O) groups is 2. The number of nitrogens with zero attached hydrogens (tertiary/aromatic N) is 2. The lowest BCUT2D eigenvalue weighted by Crippen LogP contribution is -2.23. The minimum atomic E-state index is -4.88. The van der Waals surface area contributed by atoms with Crippen molar-refractivity contribution in [3.63, 3.8) is 0 Å². The van der Waals surface area contributed by atoms with E-state index in [1.807, 2.05) is 0 Å². The molecule has 6 nitrogen and oxygen atoms in total. The predicted octanol–water partition coefficient (Wildman–Crippen LogP) is 4.14. The van der Waals surface area contributed by atoms with Gasteiger partial charge in [-0.25, -0.2) is 9.59 Å². The first-order valence-corrected chi connectivity index (χ1v) is 8.19. The Morgan fingerprint density at radius 1 is 1.26 bits per heavy atom. The summed E-state index contributed by atoms with van der Waals surface area (Å²) in [4.78, 5) is 22.6. The fourth-order valence-corrected chi connectivity index (χ4v) is 3.11. The number of methoxy groups -OCH3 is 1. The van der Waals surface area contributed by atoms with Crippen molar-refractivity contribution in [2.45, 2.75) is 12.9 Å². The Hall–Kier alpha value is -2.51. The van der Waals surface area contributed by atoms with Crippen molar-refractivity contribution in [1.29, 1.82) is 5.26 Å². The second kappa shape index (κ2) is 8.02. The van der Waals surface area contributed by atoms with Gasteiger partial charge in [0.25, 0.3) is 0 Å². The molecule has 0 aliphatic heterocycles. The maximum absolute atomic E-state index is 13.6. The molecule has 0 aliphatic rings. The van der Waals surface area contributed by atoms with Crippen molar-refractivity contribution in [2.75, 3.05) is 7.11 Å². The number of carbonyl (C=O) groups excluding carboxylic acids is 2. The van der Waals surface area contributed by atoms with E-state index in [0.717, 1.165) is 7.11 Å². The van der Waals surface area contributed by atoms with Crippen molar-refractivity contribution in [2.24, 2.45) is 0 Å². The molecular formula is C16H9BrClF3N2O4. The lowest BCUT2D eigenvalue weighted by Gasteiger charge is -2.15. The summed E-state index contributed by atoms with van der Waals surface area (Å²) in [5, 5.41) is 9.69. The summed E-state index contributed by atoms with van der Waals surface area (Å²) in [6.07, 6.45) is -4.88. The molecule has 27 heavy (non-hydrogen) atoms. The topological polar surface area (TPSA) is 81.3 Å². The SMILES string of the molecule is COC(=O)C(=O)OCn1c(-c2ccc(Cl)cc2)c(C#N)c(Br)c1C(F)(F)F. The highest BCUT2D eigenvalue weighted by Crippen LogP contribution is 2.43. The molecule has 11 heteroatoms. The Bertz CT molecular complexity index is 933. The number of benzene rings is 1. The van der Waals surface area contributed by atoms with E-state index in [9.17, 15) is 28.0 Å². The Morgan fingerprint density at radius 2 is 1.85 bits per heavy atom. The fraction of sp³-hybridized carbons (Fsp3) is 0.188. The lowest BCUT2D eigenvalue weighted by atomic mass is 10.1. The summed E-state index contributed by atoms with van der Waals surface area (Å²) >= 11 is 8.58. The van der Waals surface area contributed by atoms with Crippen LogP contribution in [0, 0.1) is 11.3 Å². The number of hydrogen-bond acceptors (Lipinski definition) is 5. The number of halogens is 5. The molecule has 1 heterocycles. The standard InChI is InChI=1S/C16H9BrClF3N2O4/c1-26-14(24)15(25)27-7-23-12(8-2-4-9(18)5-3-8)10(6-22)11(17)13(23)16(19,20)21/h2-5H,7H2,1H3. The second-order valence-corrected chi connectivity index (χ2v) is 6.21. The monoisotopic (exact) mass is 464 g/mol. The van der Waals surface area contributed by atoms with Gasteiger partial charge in [-0.15, -0.1) is 0 Å². The summed E-state index contributed by atoms with van der Waals surface area (Å²) in [5.41, 5.74) is -1.51. The largest absolute Gasteiger partial charge is 0.461 e. The first-order chi connectivity index (χ1) is 12.6. The van der Waals surface area contributed by atoms with Crippen molar-refractivity contribution in [1.82, 2.24) is 4.57 Å². The minimum absolute atomic E-state index is 0.161. The third kappa shape index (κ3) is 4.26. The van der Waals surface area contributed by atoms with Crippen molar-refractivity contribution >= 4 is 39.5 Å². The van der Waals surface area contributed by atoms with E-state index in [1.54, 1.807) is 6.07 Å². The van der Waals surface area contributed by atoms with Gasteiger partial charge in [0, 0.05) is 5.02 Å². The Labute approximate surface area is 164 Å². The zero-order valence-corrected chi connectivity index (χ0v) is 15.8. The number of aromatic nitrogens is 1. The van der Waals surface area contributed by atoms with Gasteiger partial charge in [-0.3, -0.25) is 0 Å². The average Bonchev–Trinajstić information content (AvgIpc) is 2.91. The van der Waals surface area contributed by atoms with Gasteiger partial charge in [0.1, 0.15) is 11.8 Å². The van der Waals surface area contributed by atoms with Gasteiger partial charge in [0.15, 0.2) is 6.73 Å². The van der Waals surface area contributed by atoms with Gasteiger partial charge in [0.2, 0.25) is 0 Å². The molecule has 0 atom stereocenters. The Morgan fingerprint density at radius 3 is 2.33 bits per heavy atom.